The van der Waals surface area contributed by atoms with Crippen molar-refractivity contribution in [3.8, 4) is 5.75 Å². The smallest absolute Gasteiger partial charge is 0.121 e. The summed E-state index contributed by atoms with van der Waals surface area (Å²) in [7, 11) is 0. The van der Waals surface area contributed by atoms with Gasteiger partial charge in [0.15, 0.2) is 0 Å². The van der Waals surface area contributed by atoms with Gasteiger partial charge >= 0.3 is 0 Å². The maximum Gasteiger partial charge on any atom is 0.121 e. The molecule has 0 aliphatic heterocycles. The quantitative estimate of drug-likeness (QED) is 0.756. The van der Waals surface area contributed by atoms with Crippen LogP contribution in [-0.2, 0) is 13.1 Å². The molecule has 0 radical (unpaired) electrons. The lowest BCUT2D eigenvalue weighted by Crippen LogP contribution is -2.08. The predicted molar refractivity (Wildman–Crippen MR) is 75.2 cm³/mol. The van der Waals surface area contributed by atoms with Crippen LogP contribution in [0.15, 0.2) is 42.7 Å². The number of nitrogens with two attached hydrogens (primary N) is 1. The van der Waals surface area contributed by atoms with Crippen LogP contribution in [0.25, 0.3) is 10.9 Å². The summed E-state index contributed by atoms with van der Waals surface area (Å²) in [5.41, 5.74) is 7.19. The van der Waals surface area contributed by atoms with Gasteiger partial charge in [-0.3, -0.25) is 4.98 Å². The Morgan fingerprint density at radius 2 is 2.20 bits per heavy atom. The number of rotatable bonds is 5. The molecule has 6 heteroatoms. The molecule has 0 saturated carbocycles. The molecule has 0 atom stereocenters. The first-order chi connectivity index (χ1) is 9.85. The summed E-state index contributed by atoms with van der Waals surface area (Å²) in [6.45, 7) is 1.55. The molecule has 0 unspecified atom stereocenters. The molecule has 6 nitrogen and oxygen atoms in total. The van der Waals surface area contributed by atoms with Gasteiger partial charge in [0.2, 0.25) is 0 Å². The lowest BCUT2D eigenvalue weighted by Gasteiger charge is -2.06. The lowest BCUT2D eigenvalue weighted by atomic mass is 10.2. The Morgan fingerprint density at radius 1 is 1.25 bits per heavy atom. The second-order valence-corrected chi connectivity index (χ2v) is 4.38. The molecule has 0 bridgehead atoms. The van der Waals surface area contributed by atoms with E-state index in [0.717, 1.165) is 22.3 Å². The molecule has 2 aromatic heterocycles. The van der Waals surface area contributed by atoms with Crippen molar-refractivity contribution in [3.63, 3.8) is 0 Å². The van der Waals surface area contributed by atoms with Crippen LogP contribution in [0.4, 0.5) is 0 Å². The largest absolute Gasteiger partial charge is 0.492 e. The molecule has 0 saturated heterocycles. The Kier molecular flexibility index (Phi) is 3.56. The van der Waals surface area contributed by atoms with Crippen LogP contribution in [0, 0.1) is 0 Å². The number of hydrogen-bond donors (Lipinski definition) is 1. The van der Waals surface area contributed by atoms with Crippen LogP contribution in [0.3, 0.4) is 0 Å². The molecule has 0 fully saturated rings. The van der Waals surface area contributed by atoms with Gasteiger partial charge in [0, 0.05) is 30.4 Å². The molecule has 0 aliphatic rings. The fourth-order valence-electron chi connectivity index (χ4n) is 1.93. The van der Waals surface area contributed by atoms with E-state index in [1.807, 2.05) is 36.5 Å². The predicted octanol–water partition coefficient (Wildman–Crippen LogP) is 1.36. The summed E-state index contributed by atoms with van der Waals surface area (Å²) < 4.78 is 7.42. The third-order valence-electron chi connectivity index (χ3n) is 2.96. The minimum absolute atomic E-state index is 0.400. The standard InChI is InChI=1S/C14H15N5O/c15-9-12-10-19(18-17-12)6-7-20-13-4-3-11-2-1-5-16-14(11)8-13/h1-5,8,10H,6-7,9,15H2. The zero-order valence-electron chi connectivity index (χ0n) is 10.9. The minimum atomic E-state index is 0.400. The SMILES string of the molecule is NCc1cn(CCOc2ccc3cccnc3c2)nn1. The summed E-state index contributed by atoms with van der Waals surface area (Å²) >= 11 is 0. The van der Waals surface area contributed by atoms with Gasteiger partial charge in [-0.25, -0.2) is 4.68 Å². The third-order valence-corrected chi connectivity index (χ3v) is 2.96. The first-order valence-corrected chi connectivity index (χ1v) is 6.42. The van der Waals surface area contributed by atoms with Gasteiger partial charge in [0.1, 0.15) is 12.4 Å². The number of fused-ring (bicyclic) bond motifs is 1. The van der Waals surface area contributed by atoms with Crippen LogP contribution in [0.1, 0.15) is 5.69 Å². The van der Waals surface area contributed by atoms with E-state index >= 15 is 0 Å². The Hall–Kier alpha value is -2.47. The third kappa shape index (κ3) is 2.75. The molecule has 1 aromatic carbocycles. The van der Waals surface area contributed by atoms with E-state index in [-0.39, 0.29) is 0 Å². The van der Waals surface area contributed by atoms with Crippen LogP contribution >= 0.6 is 0 Å². The highest BCUT2D eigenvalue weighted by molar-refractivity contribution is 5.79. The monoisotopic (exact) mass is 269 g/mol. The van der Waals surface area contributed by atoms with Crippen molar-refractivity contribution in [3.05, 3.63) is 48.4 Å². The second-order valence-electron chi connectivity index (χ2n) is 4.38. The number of benzene rings is 1. The number of aromatic nitrogens is 4. The number of nitrogens with zero attached hydrogens (tertiary/aromatic N) is 4. The second kappa shape index (κ2) is 5.66. The molecule has 2 heterocycles. The fraction of sp³-hybridized carbons (Fsp3) is 0.214. The zero-order chi connectivity index (χ0) is 13.8. The summed E-state index contributed by atoms with van der Waals surface area (Å²) in [6.07, 6.45) is 3.60. The topological polar surface area (TPSA) is 78.9 Å². The zero-order valence-corrected chi connectivity index (χ0v) is 10.9. The van der Waals surface area contributed by atoms with Gasteiger partial charge < -0.3 is 10.5 Å². The van der Waals surface area contributed by atoms with E-state index in [4.69, 9.17) is 10.5 Å². The first-order valence-electron chi connectivity index (χ1n) is 6.42. The number of hydrogen-bond acceptors (Lipinski definition) is 5. The first kappa shape index (κ1) is 12.6. The molecule has 0 spiro atoms. The van der Waals surface area contributed by atoms with Crippen molar-refractivity contribution >= 4 is 10.9 Å². The van der Waals surface area contributed by atoms with E-state index in [0.29, 0.717) is 19.7 Å². The van der Waals surface area contributed by atoms with E-state index in [9.17, 15) is 0 Å². The normalized spacial score (nSPS) is 10.8. The van der Waals surface area contributed by atoms with Crippen LogP contribution < -0.4 is 10.5 Å². The maximum absolute atomic E-state index is 5.70. The molecular formula is C14H15N5O. The van der Waals surface area contributed by atoms with Gasteiger partial charge in [-0.15, -0.1) is 5.10 Å². The highest BCUT2D eigenvalue weighted by atomic mass is 16.5. The van der Waals surface area contributed by atoms with Crippen molar-refractivity contribution < 1.29 is 4.74 Å². The molecule has 3 rings (SSSR count). The van der Waals surface area contributed by atoms with Crippen molar-refractivity contribution in [1.29, 1.82) is 0 Å². The Bertz CT molecular complexity index is 709. The van der Waals surface area contributed by atoms with E-state index in [2.05, 4.69) is 15.3 Å². The average molecular weight is 269 g/mol. The lowest BCUT2D eigenvalue weighted by molar-refractivity contribution is 0.290. The average Bonchev–Trinajstić information content (AvgIpc) is 2.95. The van der Waals surface area contributed by atoms with Crippen molar-refractivity contribution in [2.45, 2.75) is 13.1 Å². The van der Waals surface area contributed by atoms with Gasteiger partial charge in [-0.2, -0.15) is 0 Å². The number of ether oxygens (including phenoxy) is 1. The Morgan fingerprint density at radius 3 is 3.05 bits per heavy atom. The summed E-state index contributed by atoms with van der Waals surface area (Å²) in [6, 6.07) is 9.82. The minimum Gasteiger partial charge on any atom is -0.492 e. The van der Waals surface area contributed by atoms with Crippen LogP contribution in [-0.4, -0.2) is 26.6 Å². The highest BCUT2D eigenvalue weighted by Gasteiger charge is 2.00. The fourth-order valence-corrected chi connectivity index (χ4v) is 1.93. The summed E-state index contributed by atoms with van der Waals surface area (Å²) in [4.78, 5) is 4.30. The Balaban J connectivity index is 1.62. The summed E-state index contributed by atoms with van der Waals surface area (Å²) in [5, 5.41) is 8.99. The Labute approximate surface area is 116 Å². The van der Waals surface area contributed by atoms with Gasteiger partial charge in [0.05, 0.1) is 17.8 Å². The van der Waals surface area contributed by atoms with Crippen LogP contribution in [0.5, 0.6) is 5.75 Å². The molecular weight excluding hydrogens is 254 g/mol. The van der Waals surface area contributed by atoms with Crippen molar-refractivity contribution in [1.82, 2.24) is 20.0 Å². The maximum atomic E-state index is 5.70. The molecule has 3 aromatic rings. The van der Waals surface area contributed by atoms with Crippen molar-refractivity contribution in [2.75, 3.05) is 6.61 Å². The van der Waals surface area contributed by atoms with Crippen LogP contribution in [0.2, 0.25) is 0 Å². The van der Waals surface area contributed by atoms with Gasteiger partial charge in [0.25, 0.3) is 0 Å². The van der Waals surface area contributed by atoms with E-state index in [1.54, 1.807) is 10.9 Å². The van der Waals surface area contributed by atoms with Gasteiger partial charge in [-0.05, 0) is 18.2 Å². The number of pyridine rings is 1. The molecule has 0 aliphatic carbocycles. The van der Waals surface area contributed by atoms with E-state index < -0.39 is 0 Å². The van der Waals surface area contributed by atoms with Gasteiger partial charge in [-0.1, -0.05) is 11.3 Å². The molecule has 20 heavy (non-hydrogen) atoms. The van der Waals surface area contributed by atoms with E-state index in [1.165, 1.54) is 0 Å². The molecule has 2 N–H and O–H groups in total. The summed E-state index contributed by atoms with van der Waals surface area (Å²) in [5.74, 6) is 0.801. The molecule has 0 amide bonds. The van der Waals surface area contributed by atoms with Crippen molar-refractivity contribution in [2.24, 2.45) is 5.73 Å². The molecule has 102 valence electrons. The highest BCUT2D eigenvalue weighted by Crippen LogP contribution is 2.18.